The number of nitrogen functional groups attached to an aromatic ring is 1. The van der Waals surface area contributed by atoms with Gasteiger partial charge in [0, 0.05) is 18.4 Å². The number of hydrogen-bond donors (Lipinski definition) is 2. The Hall–Kier alpha value is -1.97. The molecule has 2 rings (SSSR count). The Bertz CT molecular complexity index is 476. The van der Waals surface area contributed by atoms with E-state index < -0.39 is 0 Å². The molecule has 1 heterocycles. The van der Waals surface area contributed by atoms with Gasteiger partial charge in [-0.1, -0.05) is 6.07 Å². The first kappa shape index (κ1) is 11.5. The Morgan fingerprint density at radius 3 is 2.94 bits per heavy atom. The second-order valence-corrected chi connectivity index (χ2v) is 4.36. The highest BCUT2D eigenvalue weighted by molar-refractivity contribution is 5.67. The SMILES string of the molecule is Cc1ccc(NC(C)Cn2cccn2)c(N)c1. The zero-order chi connectivity index (χ0) is 12.3. The molecule has 0 aliphatic heterocycles. The maximum absolute atomic E-state index is 5.96. The predicted molar refractivity (Wildman–Crippen MR) is 70.9 cm³/mol. The summed E-state index contributed by atoms with van der Waals surface area (Å²) in [5.41, 5.74) is 8.90. The first-order valence-corrected chi connectivity index (χ1v) is 5.75. The first-order valence-electron chi connectivity index (χ1n) is 5.75. The molecule has 0 saturated heterocycles. The van der Waals surface area contributed by atoms with Crippen LogP contribution in [0.5, 0.6) is 0 Å². The number of rotatable bonds is 4. The third-order valence-corrected chi connectivity index (χ3v) is 2.63. The molecule has 1 aromatic carbocycles. The van der Waals surface area contributed by atoms with Gasteiger partial charge in [-0.2, -0.15) is 5.10 Å². The molecular formula is C13H18N4. The van der Waals surface area contributed by atoms with Crippen LogP contribution >= 0.6 is 0 Å². The van der Waals surface area contributed by atoms with Crippen molar-refractivity contribution in [1.29, 1.82) is 0 Å². The average Bonchev–Trinajstić information content (AvgIpc) is 2.75. The van der Waals surface area contributed by atoms with Gasteiger partial charge in [0.05, 0.1) is 17.9 Å². The highest BCUT2D eigenvalue weighted by atomic mass is 15.3. The maximum atomic E-state index is 5.96. The summed E-state index contributed by atoms with van der Waals surface area (Å²) in [6.07, 6.45) is 3.74. The third-order valence-electron chi connectivity index (χ3n) is 2.63. The van der Waals surface area contributed by atoms with Crippen LogP contribution in [0, 0.1) is 6.92 Å². The summed E-state index contributed by atoms with van der Waals surface area (Å²) in [6, 6.07) is 8.25. The molecule has 2 aromatic rings. The van der Waals surface area contributed by atoms with Crippen LogP contribution in [0.15, 0.2) is 36.7 Å². The second kappa shape index (κ2) is 4.91. The molecule has 3 N–H and O–H groups in total. The molecule has 4 nitrogen and oxygen atoms in total. The average molecular weight is 230 g/mol. The minimum absolute atomic E-state index is 0.278. The van der Waals surface area contributed by atoms with E-state index in [0.29, 0.717) is 0 Å². The van der Waals surface area contributed by atoms with Crippen LogP contribution in [-0.2, 0) is 6.54 Å². The molecule has 1 aromatic heterocycles. The third kappa shape index (κ3) is 3.00. The summed E-state index contributed by atoms with van der Waals surface area (Å²) in [7, 11) is 0. The van der Waals surface area contributed by atoms with E-state index in [1.807, 2.05) is 36.0 Å². The lowest BCUT2D eigenvalue weighted by Gasteiger charge is -2.17. The fourth-order valence-corrected chi connectivity index (χ4v) is 1.81. The van der Waals surface area contributed by atoms with E-state index in [1.54, 1.807) is 6.20 Å². The smallest absolute Gasteiger partial charge is 0.0608 e. The van der Waals surface area contributed by atoms with E-state index in [-0.39, 0.29) is 6.04 Å². The minimum atomic E-state index is 0.278. The van der Waals surface area contributed by atoms with Crippen molar-refractivity contribution in [2.45, 2.75) is 26.4 Å². The van der Waals surface area contributed by atoms with Gasteiger partial charge in [-0.3, -0.25) is 4.68 Å². The van der Waals surface area contributed by atoms with Gasteiger partial charge in [-0.15, -0.1) is 0 Å². The van der Waals surface area contributed by atoms with E-state index >= 15 is 0 Å². The number of aromatic nitrogens is 2. The summed E-state index contributed by atoms with van der Waals surface area (Å²) in [5, 5.41) is 7.57. The molecule has 0 aliphatic rings. The van der Waals surface area contributed by atoms with E-state index in [0.717, 1.165) is 17.9 Å². The highest BCUT2D eigenvalue weighted by Crippen LogP contribution is 2.20. The molecule has 1 unspecified atom stereocenters. The molecule has 4 heteroatoms. The van der Waals surface area contributed by atoms with Crippen molar-refractivity contribution < 1.29 is 0 Å². The molecule has 1 atom stereocenters. The largest absolute Gasteiger partial charge is 0.397 e. The van der Waals surface area contributed by atoms with Gasteiger partial charge in [0.1, 0.15) is 0 Å². The Morgan fingerprint density at radius 2 is 2.29 bits per heavy atom. The van der Waals surface area contributed by atoms with E-state index in [1.165, 1.54) is 5.56 Å². The lowest BCUT2D eigenvalue weighted by Crippen LogP contribution is -2.22. The number of nitrogens with zero attached hydrogens (tertiary/aromatic N) is 2. The Morgan fingerprint density at radius 1 is 1.47 bits per heavy atom. The minimum Gasteiger partial charge on any atom is -0.397 e. The maximum Gasteiger partial charge on any atom is 0.0608 e. The number of benzene rings is 1. The summed E-state index contributed by atoms with van der Waals surface area (Å²) >= 11 is 0. The van der Waals surface area contributed by atoms with Gasteiger partial charge in [0.25, 0.3) is 0 Å². The second-order valence-electron chi connectivity index (χ2n) is 4.36. The fraction of sp³-hybridized carbons (Fsp3) is 0.308. The summed E-state index contributed by atoms with van der Waals surface area (Å²) in [4.78, 5) is 0. The summed E-state index contributed by atoms with van der Waals surface area (Å²) in [6.45, 7) is 4.97. The Labute approximate surface area is 101 Å². The molecular weight excluding hydrogens is 212 g/mol. The first-order chi connectivity index (χ1) is 8.15. The van der Waals surface area contributed by atoms with E-state index in [9.17, 15) is 0 Å². The van der Waals surface area contributed by atoms with E-state index in [4.69, 9.17) is 5.73 Å². The van der Waals surface area contributed by atoms with Crippen LogP contribution in [0.3, 0.4) is 0 Å². The monoisotopic (exact) mass is 230 g/mol. The van der Waals surface area contributed by atoms with Crippen LogP contribution in [0.2, 0.25) is 0 Å². The van der Waals surface area contributed by atoms with Gasteiger partial charge >= 0.3 is 0 Å². The van der Waals surface area contributed by atoms with Crippen molar-refractivity contribution in [2.75, 3.05) is 11.1 Å². The van der Waals surface area contributed by atoms with Crippen molar-refractivity contribution in [3.8, 4) is 0 Å². The molecule has 0 aliphatic carbocycles. The lowest BCUT2D eigenvalue weighted by atomic mass is 10.2. The lowest BCUT2D eigenvalue weighted by molar-refractivity contribution is 0.561. The molecule has 0 spiro atoms. The van der Waals surface area contributed by atoms with Gasteiger partial charge < -0.3 is 11.1 Å². The van der Waals surface area contributed by atoms with Crippen LogP contribution in [0.25, 0.3) is 0 Å². The van der Waals surface area contributed by atoms with Gasteiger partial charge in [0.15, 0.2) is 0 Å². The van der Waals surface area contributed by atoms with Gasteiger partial charge in [-0.05, 0) is 37.6 Å². The molecule has 0 amide bonds. The van der Waals surface area contributed by atoms with Crippen LogP contribution in [0.1, 0.15) is 12.5 Å². The fourth-order valence-electron chi connectivity index (χ4n) is 1.81. The van der Waals surface area contributed by atoms with Crippen molar-refractivity contribution in [3.63, 3.8) is 0 Å². The molecule has 0 saturated carbocycles. The molecule has 90 valence electrons. The quantitative estimate of drug-likeness (QED) is 0.792. The standard InChI is InChI=1S/C13H18N4/c1-10-4-5-13(12(14)8-10)16-11(2)9-17-7-3-6-15-17/h3-8,11,16H,9,14H2,1-2H3. The molecule has 0 radical (unpaired) electrons. The summed E-state index contributed by atoms with van der Waals surface area (Å²) in [5.74, 6) is 0. The van der Waals surface area contributed by atoms with Gasteiger partial charge in [0.2, 0.25) is 0 Å². The Balaban J connectivity index is 2.00. The van der Waals surface area contributed by atoms with Crippen LogP contribution in [-0.4, -0.2) is 15.8 Å². The van der Waals surface area contributed by atoms with Gasteiger partial charge in [-0.25, -0.2) is 0 Å². The van der Waals surface area contributed by atoms with Crippen molar-refractivity contribution in [2.24, 2.45) is 0 Å². The molecule has 0 fully saturated rings. The molecule has 17 heavy (non-hydrogen) atoms. The topological polar surface area (TPSA) is 55.9 Å². The number of aryl methyl sites for hydroxylation is 1. The van der Waals surface area contributed by atoms with Crippen molar-refractivity contribution in [3.05, 3.63) is 42.2 Å². The highest BCUT2D eigenvalue weighted by Gasteiger charge is 2.05. The Kier molecular flexibility index (Phi) is 3.32. The number of nitrogens with two attached hydrogens (primary N) is 1. The van der Waals surface area contributed by atoms with Crippen LogP contribution in [0.4, 0.5) is 11.4 Å². The number of anilines is 2. The predicted octanol–water partition coefficient (Wildman–Crippen LogP) is 2.27. The number of hydrogen-bond acceptors (Lipinski definition) is 3. The zero-order valence-corrected chi connectivity index (χ0v) is 10.2. The normalized spacial score (nSPS) is 12.4. The van der Waals surface area contributed by atoms with Crippen LogP contribution < -0.4 is 11.1 Å². The summed E-state index contributed by atoms with van der Waals surface area (Å²) < 4.78 is 1.90. The zero-order valence-electron chi connectivity index (χ0n) is 10.2. The van der Waals surface area contributed by atoms with Crippen molar-refractivity contribution in [1.82, 2.24) is 9.78 Å². The molecule has 0 bridgehead atoms. The van der Waals surface area contributed by atoms with E-state index in [2.05, 4.69) is 23.4 Å². The number of nitrogens with one attached hydrogen (secondary N) is 1. The van der Waals surface area contributed by atoms with Crippen molar-refractivity contribution >= 4 is 11.4 Å².